The van der Waals surface area contributed by atoms with Gasteiger partial charge in [0.2, 0.25) is 0 Å². The van der Waals surface area contributed by atoms with Gasteiger partial charge in [-0.25, -0.2) is 0 Å². The lowest BCUT2D eigenvalue weighted by Gasteiger charge is -2.09. The lowest BCUT2D eigenvalue weighted by molar-refractivity contribution is -0.386. The molecule has 0 aliphatic carbocycles. The zero-order chi connectivity index (χ0) is 14.8. The summed E-state index contributed by atoms with van der Waals surface area (Å²) < 4.78 is 10.7. The van der Waals surface area contributed by atoms with E-state index in [4.69, 9.17) is 9.47 Å². The van der Waals surface area contributed by atoms with Crippen molar-refractivity contribution in [1.82, 2.24) is 5.32 Å². The van der Waals surface area contributed by atoms with Crippen molar-refractivity contribution in [2.75, 3.05) is 26.4 Å². The van der Waals surface area contributed by atoms with E-state index in [-0.39, 0.29) is 11.4 Å². The van der Waals surface area contributed by atoms with Crippen LogP contribution in [0, 0.1) is 10.1 Å². The molecule has 0 atom stereocenters. The Hall–Kier alpha value is -1.66. The Labute approximate surface area is 119 Å². The van der Waals surface area contributed by atoms with Gasteiger partial charge >= 0.3 is 5.69 Å². The Kier molecular flexibility index (Phi) is 7.60. The van der Waals surface area contributed by atoms with Gasteiger partial charge in [-0.2, -0.15) is 0 Å². The molecule has 1 aromatic rings. The molecule has 0 radical (unpaired) electrons. The average molecular weight is 282 g/mol. The summed E-state index contributed by atoms with van der Waals surface area (Å²) in [6.45, 7) is 6.86. The zero-order valence-corrected chi connectivity index (χ0v) is 12.1. The minimum absolute atomic E-state index is 0.00380. The molecule has 0 aliphatic heterocycles. The number of nitrogens with one attached hydrogen (secondary N) is 1. The van der Waals surface area contributed by atoms with E-state index in [1.54, 1.807) is 12.1 Å². The summed E-state index contributed by atoms with van der Waals surface area (Å²) in [6, 6.07) is 5.02. The predicted octanol–water partition coefficient (Wildman–Crippen LogP) is 2.51. The third kappa shape index (κ3) is 5.54. The number of hydrogen-bond donors (Lipinski definition) is 1. The van der Waals surface area contributed by atoms with E-state index in [2.05, 4.69) is 5.32 Å². The minimum atomic E-state index is -0.419. The summed E-state index contributed by atoms with van der Waals surface area (Å²) in [5.74, 6) is 0.287. The van der Waals surface area contributed by atoms with Gasteiger partial charge in [-0.05, 0) is 24.6 Å². The van der Waals surface area contributed by atoms with Crippen molar-refractivity contribution >= 4 is 5.69 Å². The first-order valence-electron chi connectivity index (χ1n) is 6.87. The Balaban J connectivity index is 2.62. The molecule has 1 rings (SSSR count). The normalized spacial score (nSPS) is 10.5. The number of nitro groups is 1. The Morgan fingerprint density at radius 3 is 2.70 bits per heavy atom. The Morgan fingerprint density at radius 2 is 2.05 bits per heavy atom. The fraction of sp³-hybridized carbons (Fsp3) is 0.571. The largest absolute Gasteiger partial charge is 0.484 e. The number of nitro benzene ring substituents is 1. The molecule has 0 heterocycles. The fourth-order valence-electron chi connectivity index (χ4n) is 1.66. The molecule has 0 fully saturated rings. The molecule has 1 N–H and O–H groups in total. The highest BCUT2D eigenvalue weighted by Gasteiger charge is 2.15. The predicted molar refractivity (Wildman–Crippen MR) is 77.1 cm³/mol. The van der Waals surface area contributed by atoms with Crippen LogP contribution in [0.4, 0.5) is 5.69 Å². The lowest BCUT2D eigenvalue weighted by atomic mass is 10.2. The highest BCUT2D eigenvalue weighted by molar-refractivity contribution is 5.48. The van der Waals surface area contributed by atoms with Gasteiger partial charge < -0.3 is 14.8 Å². The van der Waals surface area contributed by atoms with Crippen LogP contribution in [0.3, 0.4) is 0 Å². The summed E-state index contributed by atoms with van der Waals surface area (Å²) in [6.07, 6.45) is 0.944. The molecule has 0 saturated carbocycles. The number of rotatable bonds is 10. The van der Waals surface area contributed by atoms with Crippen LogP contribution in [0.5, 0.6) is 5.75 Å². The van der Waals surface area contributed by atoms with Crippen molar-refractivity contribution < 1.29 is 14.4 Å². The Morgan fingerprint density at radius 1 is 1.25 bits per heavy atom. The van der Waals surface area contributed by atoms with E-state index in [0.29, 0.717) is 26.4 Å². The van der Waals surface area contributed by atoms with Gasteiger partial charge in [0.15, 0.2) is 5.75 Å². The van der Waals surface area contributed by atoms with Crippen molar-refractivity contribution in [2.24, 2.45) is 0 Å². The van der Waals surface area contributed by atoms with Crippen molar-refractivity contribution in [3.05, 3.63) is 33.9 Å². The molecule has 20 heavy (non-hydrogen) atoms. The standard InChI is InChI=1S/C14H22N2O4/c1-3-7-19-8-9-20-14-6-5-12(11-15-4-2)10-13(14)16(17)18/h5-6,10,15H,3-4,7-9,11H2,1-2H3. The highest BCUT2D eigenvalue weighted by atomic mass is 16.6. The van der Waals surface area contributed by atoms with Crippen LogP contribution in [0.15, 0.2) is 18.2 Å². The Bertz CT molecular complexity index is 424. The van der Waals surface area contributed by atoms with Crippen molar-refractivity contribution in [2.45, 2.75) is 26.8 Å². The van der Waals surface area contributed by atoms with Crippen LogP contribution < -0.4 is 10.1 Å². The second kappa shape index (κ2) is 9.28. The van der Waals surface area contributed by atoms with Gasteiger partial charge in [0.25, 0.3) is 0 Å². The molecule has 0 bridgehead atoms. The third-order valence-electron chi connectivity index (χ3n) is 2.63. The molecule has 1 aromatic carbocycles. The monoisotopic (exact) mass is 282 g/mol. The first-order chi connectivity index (χ1) is 9.69. The van der Waals surface area contributed by atoms with E-state index in [1.165, 1.54) is 0 Å². The highest BCUT2D eigenvalue weighted by Crippen LogP contribution is 2.27. The topological polar surface area (TPSA) is 73.6 Å². The molecule has 0 saturated heterocycles. The van der Waals surface area contributed by atoms with Crippen molar-refractivity contribution in [1.29, 1.82) is 0 Å². The van der Waals surface area contributed by atoms with Crippen molar-refractivity contribution in [3.63, 3.8) is 0 Å². The zero-order valence-electron chi connectivity index (χ0n) is 12.1. The molecule has 0 spiro atoms. The average Bonchev–Trinajstić information content (AvgIpc) is 2.45. The maximum Gasteiger partial charge on any atom is 0.311 e. The molecule has 0 aromatic heterocycles. The number of hydrogen-bond acceptors (Lipinski definition) is 5. The van der Waals surface area contributed by atoms with Crippen LogP contribution in [0.1, 0.15) is 25.8 Å². The molecular formula is C14H22N2O4. The molecule has 0 unspecified atom stereocenters. The van der Waals surface area contributed by atoms with Gasteiger partial charge in [-0.1, -0.05) is 19.9 Å². The van der Waals surface area contributed by atoms with Gasteiger partial charge in [0.05, 0.1) is 11.5 Å². The maximum atomic E-state index is 11.1. The summed E-state index contributed by atoms with van der Waals surface area (Å²) in [5.41, 5.74) is 0.865. The first-order valence-corrected chi connectivity index (χ1v) is 6.87. The van der Waals surface area contributed by atoms with Crippen molar-refractivity contribution in [3.8, 4) is 5.75 Å². The third-order valence-corrected chi connectivity index (χ3v) is 2.63. The fourth-order valence-corrected chi connectivity index (χ4v) is 1.66. The van der Waals surface area contributed by atoms with Gasteiger partial charge in [-0.3, -0.25) is 10.1 Å². The SMILES string of the molecule is CCCOCCOc1ccc(CNCC)cc1[N+](=O)[O-]. The van der Waals surface area contributed by atoms with Crippen LogP contribution in [-0.4, -0.2) is 31.3 Å². The summed E-state index contributed by atoms with van der Waals surface area (Å²) in [5, 5.41) is 14.2. The number of nitrogens with zero attached hydrogens (tertiary/aromatic N) is 1. The quantitative estimate of drug-likeness (QED) is 0.405. The van der Waals surface area contributed by atoms with E-state index in [9.17, 15) is 10.1 Å². The van der Waals surface area contributed by atoms with Crippen LogP contribution in [0.2, 0.25) is 0 Å². The molecule has 0 aliphatic rings. The summed E-state index contributed by atoms with van der Waals surface area (Å²) in [4.78, 5) is 10.6. The van der Waals surface area contributed by atoms with Gasteiger partial charge in [-0.15, -0.1) is 0 Å². The van der Waals surface area contributed by atoms with E-state index >= 15 is 0 Å². The molecular weight excluding hydrogens is 260 g/mol. The van der Waals surface area contributed by atoms with Crippen LogP contribution in [0.25, 0.3) is 0 Å². The van der Waals surface area contributed by atoms with Crippen LogP contribution >= 0.6 is 0 Å². The van der Waals surface area contributed by atoms with E-state index < -0.39 is 4.92 Å². The summed E-state index contributed by atoms with van der Waals surface area (Å²) >= 11 is 0. The maximum absolute atomic E-state index is 11.1. The summed E-state index contributed by atoms with van der Waals surface area (Å²) in [7, 11) is 0. The van der Waals surface area contributed by atoms with Gasteiger partial charge in [0, 0.05) is 19.2 Å². The molecule has 6 nitrogen and oxygen atoms in total. The second-order valence-corrected chi connectivity index (χ2v) is 4.30. The minimum Gasteiger partial charge on any atom is -0.484 e. The molecule has 0 amide bonds. The smallest absolute Gasteiger partial charge is 0.311 e. The van der Waals surface area contributed by atoms with E-state index in [1.807, 2.05) is 19.9 Å². The number of benzene rings is 1. The molecule has 112 valence electrons. The first kappa shape index (κ1) is 16.4. The van der Waals surface area contributed by atoms with E-state index in [0.717, 1.165) is 18.5 Å². The van der Waals surface area contributed by atoms with Gasteiger partial charge in [0.1, 0.15) is 6.61 Å². The number of ether oxygens (including phenoxy) is 2. The molecule has 6 heteroatoms. The second-order valence-electron chi connectivity index (χ2n) is 4.30. The van der Waals surface area contributed by atoms with Crippen LogP contribution in [-0.2, 0) is 11.3 Å². The lowest BCUT2D eigenvalue weighted by Crippen LogP contribution is -2.12.